The third-order valence-electron chi connectivity index (χ3n) is 21.3. The molecule has 2 aliphatic rings. The van der Waals surface area contributed by atoms with Crippen LogP contribution in [0.15, 0.2) is 88.9 Å². The zero-order valence-electron chi connectivity index (χ0n) is 71.3. The number of H-pyrrole nitrogens is 2. The molecule has 15 atom stereocenters. The number of primary amides is 1. The van der Waals surface area contributed by atoms with Crippen molar-refractivity contribution in [3.05, 3.63) is 107 Å². The summed E-state index contributed by atoms with van der Waals surface area (Å²) in [5.41, 5.74) is 8.06. The molecule has 2 aromatic carbocycles. The lowest BCUT2D eigenvalue weighted by Gasteiger charge is -2.25. The molecule has 6 rings (SSSR count). The van der Waals surface area contributed by atoms with Gasteiger partial charge in [0.1, 0.15) is 28.6 Å². The molecule has 124 heavy (non-hydrogen) atoms. The van der Waals surface area contributed by atoms with Gasteiger partial charge in [-0.25, -0.2) is 9.97 Å². The Morgan fingerprint density at radius 2 is 1.01 bits per heavy atom. The van der Waals surface area contributed by atoms with Crippen LogP contribution in [0.3, 0.4) is 0 Å². The molecular weight excluding hydrogens is 1620 g/mol. The van der Waals surface area contributed by atoms with Crippen molar-refractivity contribution in [1.29, 1.82) is 0 Å². The number of aromatic nitrogens is 4. The van der Waals surface area contributed by atoms with Gasteiger partial charge in [0.05, 0.1) is 72.9 Å². The molecule has 1 aliphatic heterocycles. The molecule has 15 N–H and O–H groups in total. The number of phenolic OH excluding ortho intramolecular Hbond substituents is 1. The third-order valence-corrected chi connectivity index (χ3v) is 21.3. The van der Waals surface area contributed by atoms with Crippen LogP contribution >= 0.6 is 0 Å². The van der Waals surface area contributed by atoms with Crippen molar-refractivity contribution in [3.63, 3.8) is 0 Å². The number of Topliss-reactive ketones (excluding diaryl/α,β-unsaturated/α-hetero) is 8. The number of phenols is 1. The number of imidazole rings is 2. The SMILES string of the molecule is CC(=O)C[C@H](CCCCCC(=O)c1ccc(OC=O)c(-c2c3ccc(=O)cc-3oc3cc(O)ccc23)c1)C(=O)N[C@H](C)C(=O)C[C@H](C)C(=O)N[C@H](C)C(=O)C[C@@H](C(=O)N[C@H](Cc1cnc[nH]1)C(C)=O)[C@H](C)O.CC[C@H](CCC(=O)O)C(=O)N[C@H](C)C(=O)C[C@H](C)C(=O)N[C@H](C)C(=O)C[C@@H](C(=O)N[C@H](Cc1cnc[nH]1)C(=O)C[C@H](CCC(=O)O)C(N)=O)[C@H](C)O. The largest absolute Gasteiger partial charge is 0.508 e. The number of fused-ring (bicyclic) bond motifs is 2. The third kappa shape index (κ3) is 32.3. The van der Waals surface area contributed by atoms with E-state index in [1.807, 2.05) is 0 Å². The number of rotatable bonds is 54. The van der Waals surface area contributed by atoms with E-state index in [4.69, 9.17) is 25.1 Å². The standard InChI is InChI=1S/C53H61N5O14.C34H52N6O12/c1-28(51(68)56-31(4)46(67)24-41(32(5)61)53(70)58-43(33(6)62)21-36-25-54-26-55-36)18-45(66)30(3)57-52(69)35(19-29(2)60)10-8-7-9-11-44(65)34-12-17-47(71-27-59)42(20-34)50-39-15-13-37(63)22-48(39)72-49-23-38(64)14-16-40(49)50;1-6-21(7-9-29(45)46)33(51)39-18(3)26(42)11-17(2)32(50)38-19(4)27(43)14-24(20(5)41)34(52)40-25(13-23-15-36-16-37-23)28(44)12-22(31(35)49)8-10-30(47)48/h12-17,20,22-23,25-28,30-32,35,41,43,61,63H,7-11,18-19,21,24H2,1-6H3,(H,54,55)(H,56,68)(H,57,69)(H,58,70);15-22,24-25,41H,6-14H2,1-5H3,(H2,35,49)(H,36,37)(H,38,50)(H,39,51)(H,40,52)(H,45,46)(H,47,48)/t28-,30+,31+,32-,35-,41+,43+;17-,18+,19+,20-,21+,22-,24+,25+/m00/s1. The number of amides is 7. The predicted molar refractivity (Wildman–Crippen MR) is 446 cm³/mol. The van der Waals surface area contributed by atoms with Crippen LogP contribution in [0.25, 0.3) is 33.4 Å². The number of ketones is 8. The smallest absolute Gasteiger partial charge is 0.303 e. The van der Waals surface area contributed by atoms with Gasteiger partial charge in [-0.05, 0) is 130 Å². The minimum atomic E-state index is -1.38. The summed E-state index contributed by atoms with van der Waals surface area (Å²) in [4.78, 5) is 253. The average Bonchev–Trinajstić information content (AvgIpc) is 0.902. The van der Waals surface area contributed by atoms with Crippen molar-refractivity contribution in [1.82, 2.24) is 51.8 Å². The fourth-order valence-corrected chi connectivity index (χ4v) is 13.6. The number of carboxylic acids is 2. The van der Waals surface area contributed by atoms with E-state index in [0.717, 1.165) is 0 Å². The Morgan fingerprint density at radius 1 is 0.516 bits per heavy atom. The Hall–Kier alpha value is -12.7. The van der Waals surface area contributed by atoms with Crippen molar-refractivity contribution in [2.24, 2.45) is 47.2 Å². The second kappa shape index (κ2) is 49.4. The van der Waals surface area contributed by atoms with Crippen LogP contribution in [0.2, 0.25) is 0 Å². The van der Waals surface area contributed by atoms with E-state index in [1.54, 1.807) is 25.1 Å². The van der Waals surface area contributed by atoms with Gasteiger partial charge in [0.2, 0.25) is 41.4 Å². The van der Waals surface area contributed by atoms with Gasteiger partial charge in [-0.3, -0.25) is 86.3 Å². The summed E-state index contributed by atoms with van der Waals surface area (Å²) < 4.78 is 11.3. The number of hydrogen-bond acceptors (Lipinski definition) is 26. The monoisotopic (exact) mass is 1730 g/mol. The van der Waals surface area contributed by atoms with Gasteiger partial charge >= 0.3 is 11.9 Å². The highest BCUT2D eigenvalue weighted by Crippen LogP contribution is 2.44. The molecule has 0 bridgehead atoms. The van der Waals surface area contributed by atoms with Crippen LogP contribution in [-0.4, -0.2) is 200 Å². The van der Waals surface area contributed by atoms with E-state index in [2.05, 4.69) is 51.8 Å². The molecule has 0 spiro atoms. The first-order chi connectivity index (χ1) is 58.4. The van der Waals surface area contributed by atoms with Gasteiger partial charge in [-0.1, -0.05) is 33.6 Å². The van der Waals surface area contributed by atoms with Crippen LogP contribution < -0.4 is 47.8 Å². The fourth-order valence-electron chi connectivity index (χ4n) is 13.6. The van der Waals surface area contributed by atoms with Crippen LogP contribution in [0.1, 0.15) is 201 Å². The van der Waals surface area contributed by atoms with Crippen LogP contribution in [0, 0.1) is 41.4 Å². The number of benzene rings is 3. The number of carbonyl (C=O) groups is 18. The van der Waals surface area contributed by atoms with Gasteiger partial charge in [0, 0.05) is 164 Å². The summed E-state index contributed by atoms with van der Waals surface area (Å²) in [6, 6.07) is 6.88. The van der Waals surface area contributed by atoms with E-state index >= 15 is 0 Å². The first-order valence-corrected chi connectivity index (χ1v) is 40.9. The molecule has 0 saturated heterocycles. The number of hydrogen-bond donors (Lipinski definition) is 14. The van der Waals surface area contributed by atoms with Crippen molar-refractivity contribution in [3.8, 4) is 33.9 Å². The fraction of sp³-hybridized carbons (Fsp3) is 0.506. The number of aromatic amines is 2. The number of nitrogens with two attached hydrogens (primary N) is 1. The average molecular weight is 1730 g/mol. The zero-order valence-corrected chi connectivity index (χ0v) is 71.3. The molecule has 3 heterocycles. The first-order valence-electron chi connectivity index (χ1n) is 40.9. The summed E-state index contributed by atoms with van der Waals surface area (Å²) in [6.07, 6.45) is 2.41. The molecule has 0 fully saturated rings. The number of aliphatic hydroxyl groups excluding tert-OH is 2. The van der Waals surface area contributed by atoms with Gasteiger partial charge in [-0.15, -0.1) is 0 Å². The Morgan fingerprint density at radius 3 is 1.48 bits per heavy atom. The second-order valence-electron chi connectivity index (χ2n) is 31.5. The number of carbonyl (C=O) groups excluding carboxylic acids is 16. The minimum Gasteiger partial charge on any atom is -0.508 e. The lowest BCUT2D eigenvalue weighted by atomic mass is 9.90. The number of nitrogens with zero attached hydrogens (tertiary/aromatic N) is 2. The first kappa shape index (κ1) is 102. The normalized spacial score (nSPS) is 14.8. The van der Waals surface area contributed by atoms with Crippen LogP contribution in [0.4, 0.5) is 0 Å². The van der Waals surface area contributed by atoms with Crippen LogP contribution in [-0.2, 0) is 94.3 Å². The summed E-state index contributed by atoms with van der Waals surface area (Å²) in [5.74, 6) is -17.2. The van der Waals surface area contributed by atoms with Gasteiger partial charge in [-0.2, -0.15) is 0 Å². The summed E-state index contributed by atoms with van der Waals surface area (Å²) in [7, 11) is 0. The van der Waals surface area contributed by atoms with Crippen molar-refractivity contribution in [2.75, 3.05) is 0 Å². The van der Waals surface area contributed by atoms with Crippen molar-refractivity contribution < 1.29 is 121 Å². The molecule has 7 amide bonds. The van der Waals surface area contributed by atoms with E-state index < -0.39 is 198 Å². The molecule has 672 valence electrons. The van der Waals surface area contributed by atoms with E-state index in [-0.39, 0.29) is 116 Å². The molecular formula is C87H113N11O26. The Kier molecular flexibility index (Phi) is 40.6. The molecule has 37 heteroatoms. The number of aliphatic carboxylic acids is 2. The topological polar surface area (TPSA) is 603 Å². The van der Waals surface area contributed by atoms with E-state index in [0.29, 0.717) is 64.7 Å². The Balaban J connectivity index is 0.000000466. The predicted octanol–water partition coefficient (Wildman–Crippen LogP) is 4.95. The highest BCUT2D eigenvalue weighted by Gasteiger charge is 2.37. The highest BCUT2D eigenvalue weighted by molar-refractivity contribution is 6.06. The summed E-state index contributed by atoms with van der Waals surface area (Å²) >= 11 is 0. The lowest BCUT2D eigenvalue weighted by Crippen LogP contribution is -2.49. The molecule has 0 unspecified atom stereocenters. The number of unbranched alkanes of at least 4 members (excludes halogenated alkanes) is 2. The second-order valence-corrected chi connectivity index (χ2v) is 31.5. The lowest BCUT2D eigenvalue weighted by molar-refractivity contribution is -0.139. The number of ether oxygens (including phenoxy) is 1. The molecule has 0 saturated carbocycles. The maximum Gasteiger partial charge on any atom is 0.303 e. The zero-order chi connectivity index (χ0) is 92.5. The minimum absolute atomic E-state index is 0.0773. The summed E-state index contributed by atoms with van der Waals surface area (Å²) in [5, 5.41) is 64.8. The van der Waals surface area contributed by atoms with Gasteiger partial charge < -0.3 is 87.1 Å². The Bertz CT molecular complexity index is 4820. The maximum absolute atomic E-state index is 13.6. The molecule has 4 aromatic rings. The Labute approximate surface area is 714 Å². The maximum atomic E-state index is 13.6. The van der Waals surface area contributed by atoms with E-state index in [9.17, 15) is 106 Å². The number of nitrogens with one attached hydrogen (secondary N) is 8. The van der Waals surface area contributed by atoms with Gasteiger partial charge in [0.15, 0.2) is 45.9 Å². The number of aromatic hydroxyl groups is 1. The number of aliphatic hydroxyl groups is 2. The van der Waals surface area contributed by atoms with Gasteiger partial charge in [0.25, 0.3) is 6.47 Å². The molecule has 0 radical (unpaired) electrons. The number of carboxylic acid groups (broad SMARTS) is 2. The molecule has 2 aromatic heterocycles. The summed E-state index contributed by atoms with van der Waals surface area (Å²) in [6.45, 7) is 15.9. The van der Waals surface area contributed by atoms with E-state index in [1.165, 1.54) is 131 Å². The van der Waals surface area contributed by atoms with Crippen molar-refractivity contribution in [2.45, 2.75) is 240 Å². The molecule has 37 nitrogen and oxygen atoms in total. The molecule has 1 aliphatic carbocycles. The van der Waals surface area contributed by atoms with Crippen LogP contribution in [0.5, 0.6) is 11.5 Å². The highest BCUT2D eigenvalue weighted by atomic mass is 16.5. The quantitative estimate of drug-likeness (QED) is 0.0104. The van der Waals surface area contributed by atoms with Crippen molar-refractivity contribution >= 4 is 117 Å².